The number of thioether (sulfide) groups is 1. The van der Waals surface area contributed by atoms with Gasteiger partial charge in [-0.25, -0.2) is 9.48 Å². The van der Waals surface area contributed by atoms with Crippen molar-refractivity contribution in [3.05, 3.63) is 0 Å². The zero-order chi connectivity index (χ0) is 16.9. The van der Waals surface area contributed by atoms with Gasteiger partial charge in [-0.1, -0.05) is 24.6 Å². The van der Waals surface area contributed by atoms with Crippen molar-refractivity contribution in [2.75, 3.05) is 12.3 Å². The van der Waals surface area contributed by atoms with E-state index in [9.17, 15) is 22.8 Å². The maximum atomic E-state index is 11.9. The largest absolute Gasteiger partial charge is 0.405 e. The van der Waals surface area contributed by atoms with Crippen molar-refractivity contribution in [1.29, 1.82) is 0 Å². The van der Waals surface area contributed by atoms with Crippen LogP contribution in [-0.4, -0.2) is 50.6 Å². The predicted molar refractivity (Wildman–Crippen MR) is 73.6 cm³/mol. The Hall–Kier alpha value is -1.85. The van der Waals surface area contributed by atoms with Crippen LogP contribution in [-0.2, 0) is 4.79 Å². The van der Waals surface area contributed by atoms with Gasteiger partial charge in [0.2, 0.25) is 11.1 Å². The van der Waals surface area contributed by atoms with Crippen molar-refractivity contribution < 1.29 is 22.8 Å². The van der Waals surface area contributed by atoms with Crippen LogP contribution in [0, 0.1) is 0 Å². The van der Waals surface area contributed by atoms with Crippen molar-refractivity contribution in [3.63, 3.8) is 0 Å². The highest BCUT2D eigenvalue weighted by Gasteiger charge is 2.28. The van der Waals surface area contributed by atoms with Crippen LogP contribution in [0.3, 0.4) is 0 Å². The number of carbonyl (C=O) groups is 2. The van der Waals surface area contributed by atoms with Gasteiger partial charge in [-0.15, -0.1) is 5.10 Å². The van der Waals surface area contributed by atoms with Crippen molar-refractivity contribution in [2.45, 2.75) is 43.1 Å². The highest BCUT2D eigenvalue weighted by atomic mass is 32.2. The zero-order valence-corrected chi connectivity index (χ0v) is 12.8. The second-order valence-electron chi connectivity index (χ2n) is 4.98. The van der Waals surface area contributed by atoms with Gasteiger partial charge >= 0.3 is 12.2 Å². The number of alkyl halides is 3. The predicted octanol–water partition coefficient (Wildman–Crippen LogP) is 1.27. The third kappa shape index (κ3) is 5.69. The number of rotatable bonds is 5. The minimum atomic E-state index is -4.53. The van der Waals surface area contributed by atoms with Crippen molar-refractivity contribution in [3.8, 4) is 0 Å². The number of urea groups is 1. The molecule has 1 aliphatic carbocycles. The summed E-state index contributed by atoms with van der Waals surface area (Å²) in [5, 5.41) is 15.1. The number of amides is 3. The Morgan fingerprint density at radius 1 is 1.30 bits per heavy atom. The van der Waals surface area contributed by atoms with E-state index in [0.29, 0.717) is 5.16 Å². The molecule has 8 nitrogen and oxygen atoms in total. The molecule has 2 rings (SSSR count). The summed E-state index contributed by atoms with van der Waals surface area (Å²) in [4.78, 5) is 22.7. The summed E-state index contributed by atoms with van der Waals surface area (Å²) in [7, 11) is 0. The van der Waals surface area contributed by atoms with E-state index in [1.165, 1.54) is 0 Å². The Kier molecular flexibility index (Phi) is 5.80. The number of tetrazole rings is 1. The molecule has 0 aliphatic heterocycles. The summed E-state index contributed by atoms with van der Waals surface area (Å²) < 4.78 is 37.4. The SMILES string of the molecule is O=C(CSc1nnnn1C1CCCC1)NC(=O)NCC(F)(F)F. The second-order valence-corrected chi connectivity index (χ2v) is 5.92. The van der Waals surface area contributed by atoms with Crippen LogP contribution < -0.4 is 10.6 Å². The van der Waals surface area contributed by atoms with Crippen LogP contribution >= 0.6 is 11.8 Å². The molecule has 1 aliphatic rings. The smallest absolute Gasteiger partial charge is 0.329 e. The van der Waals surface area contributed by atoms with Crippen LogP contribution in [0.1, 0.15) is 31.7 Å². The average Bonchev–Trinajstić information content (AvgIpc) is 3.12. The number of nitrogens with zero attached hydrogens (tertiary/aromatic N) is 4. The Balaban J connectivity index is 1.76. The molecule has 0 radical (unpaired) electrons. The lowest BCUT2D eigenvalue weighted by molar-refractivity contribution is -0.124. The zero-order valence-electron chi connectivity index (χ0n) is 12.0. The lowest BCUT2D eigenvalue weighted by Crippen LogP contribution is -2.43. The van der Waals surface area contributed by atoms with Crippen molar-refractivity contribution in [1.82, 2.24) is 30.8 Å². The van der Waals surface area contributed by atoms with Crippen molar-refractivity contribution in [2.24, 2.45) is 0 Å². The van der Waals surface area contributed by atoms with Crippen LogP contribution in [0.15, 0.2) is 5.16 Å². The van der Waals surface area contributed by atoms with E-state index < -0.39 is 24.7 Å². The lowest BCUT2D eigenvalue weighted by Gasteiger charge is -2.11. The van der Waals surface area contributed by atoms with E-state index in [0.717, 1.165) is 37.4 Å². The molecular weight excluding hydrogens is 337 g/mol. The standard InChI is InChI=1S/C11H15F3N6O2S/c12-11(13,14)6-15-9(22)16-8(21)5-23-10-17-18-19-20(10)7-3-1-2-4-7/h7H,1-6H2,(H2,15,16,21,22). The van der Waals surface area contributed by atoms with E-state index >= 15 is 0 Å². The molecule has 1 aromatic heterocycles. The summed E-state index contributed by atoms with van der Waals surface area (Å²) >= 11 is 1.03. The normalized spacial score (nSPS) is 15.6. The molecule has 1 fully saturated rings. The van der Waals surface area contributed by atoms with E-state index in [-0.39, 0.29) is 11.8 Å². The third-order valence-electron chi connectivity index (χ3n) is 3.17. The summed E-state index contributed by atoms with van der Waals surface area (Å²) in [5.74, 6) is -0.900. The maximum Gasteiger partial charge on any atom is 0.405 e. The fourth-order valence-corrected chi connectivity index (χ4v) is 2.92. The molecule has 23 heavy (non-hydrogen) atoms. The van der Waals surface area contributed by atoms with Gasteiger partial charge in [-0.05, 0) is 23.3 Å². The van der Waals surface area contributed by atoms with Gasteiger partial charge in [-0.3, -0.25) is 10.1 Å². The Morgan fingerprint density at radius 3 is 2.65 bits per heavy atom. The Morgan fingerprint density at radius 2 is 2.00 bits per heavy atom. The molecule has 0 bridgehead atoms. The van der Waals surface area contributed by atoms with E-state index in [1.807, 2.05) is 5.32 Å². The number of carbonyl (C=O) groups excluding carboxylic acids is 2. The van der Waals surface area contributed by atoms with E-state index in [4.69, 9.17) is 0 Å². The topological polar surface area (TPSA) is 102 Å². The number of halogens is 3. The van der Waals surface area contributed by atoms with Gasteiger partial charge in [0, 0.05) is 0 Å². The number of aromatic nitrogens is 4. The summed E-state index contributed by atoms with van der Waals surface area (Å²) in [6, 6.07) is -0.992. The molecule has 0 spiro atoms. The molecule has 128 valence electrons. The van der Waals surface area contributed by atoms with Crippen LogP contribution in [0.4, 0.5) is 18.0 Å². The molecule has 1 saturated carbocycles. The number of nitrogens with one attached hydrogen (secondary N) is 2. The van der Waals surface area contributed by atoms with Crippen LogP contribution in [0.25, 0.3) is 0 Å². The number of hydrogen-bond donors (Lipinski definition) is 2. The van der Waals surface area contributed by atoms with Gasteiger partial charge in [-0.2, -0.15) is 13.2 Å². The molecule has 2 N–H and O–H groups in total. The number of hydrogen-bond acceptors (Lipinski definition) is 6. The second kappa shape index (κ2) is 7.62. The molecule has 1 aromatic rings. The lowest BCUT2D eigenvalue weighted by atomic mass is 10.3. The Labute approximate surface area is 133 Å². The number of imide groups is 1. The summed E-state index contributed by atoms with van der Waals surface area (Å²) in [6.45, 7) is -1.50. The van der Waals surface area contributed by atoms with Gasteiger partial charge in [0.15, 0.2) is 0 Å². The molecular formula is C11H15F3N6O2S. The maximum absolute atomic E-state index is 11.9. The summed E-state index contributed by atoms with van der Waals surface area (Å²) in [5.41, 5.74) is 0. The molecule has 3 amide bonds. The quantitative estimate of drug-likeness (QED) is 0.774. The fourth-order valence-electron chi connectivity index (χ4n) is 2.18. The Bertz CT molecular complexity index is 558. The molecule has 0 saturated heterocycles. The van der Waals surface area contributed by atoms with Gasteiger partial charge in [0.1, 0.15) is 6.54 Å². The monoisotopic (exact) mass is 352 g/mol. The molecule has 0 aromatic carbocycles. The van der Waals surface area contributed by atoms with E-state index in [1.54, 1.807) is 10.00 Å². The highest BCUT2D eigenvalue weighted by molar-refractivity contribution is 7.99. The third-order valence-corrected chi connectivity index (χ3v) is 4.10. The molecule has 0 unspecified atom stereocenters. The summed E-state index contributed by atoms with van der Waals surface area (Å²) in [6.07, 6.45) is -0.420. The van der Waals surface area contributed by atoms with E-state index in [2.05, 4.69) is 15.5 Å². The first-order valence-corrected chi connectivity index (χ1v) is 7.89. The van der Waals surface area contributed by atoms with Gasteiger partial charge in [0.25, 0.3) is 0 Å². The van der Waals surface area contributed by atoms with Crippen molar-refractivity contribution >= 4 is 23.7 Å². The first kappa shape index (κ1) is 17.5. The van der Waals surface area contributed by atoms with Crippen LogP contribution in [0.5, 0.6) is 0 Å². The molecule has 12 heteroatoms. The highest BCUT2D eigenvalue weighted by Crippen LogP contribution is 2.31. The molecule has 0 atom stereocenters. The van der Waals surface area contributed by atoms with Gasteiger partial charge in [0.05, 0.1) is 11.8 Å². The fraction of sp³-hybridized carbons (Fsp3) is 0.727. The van der Waals surface area contributed by atoms with Crippen LogP contribution in [0.2, 0.25) is 0 Å². The minimum Gasteiger partial charge on any atom is -0.329 e. The first-order valence-electron chi connectivity index (χ1n) is 6.90. The first-order chi connectivity index (χ1) is 10.8. The molecule has 1 heterocycles. The average molecular weight is 352 g/mol. The minimum absolute atomic E-state index is 0.174. The van der Waals surface area contributed by atoms with Gasteiger partial charge < -0.3 is 5.32 Å².